The van der Waals surface area contributed by atoms with E-state index in [9.17, 15) is 27.8 Å². The molecule has 18 heavy (non-hydrogen) atoms. The van der Waals surface area contributed by atoms with E-state index in [-0.39, 0.29) is 12.5 Å². The van der Waals surface area contributed by atoms with E-state index in [1.165, 1.54) is 0 Å². The zero-order valence-corrected chi connectivity index (χ0v) is 10.6. The number of non-ortho nitro benzene ring substituents is 1. The first-order valence-electron chi connectivity index (χ1n) is 4.25. The maximum absolute atomic E-state index is 12.6. The number of alkyl halides is 3. The smallest absolute Gasteiger partial charge is 0.416 e. The Morgan fingerprint density at radius 1 is 1.39 bits per heavy atom. The zero-order chi connectivity index (χ0) is 13.7. The van der Waals surface area contributed by atoms with Crippen LogP contribution in [-0.4, -0.2) is 9.48 Å². The van der Waals surface area contributed by atoms with Gasteiger partial charge in [-0.05, 0) is 18.3 Å². The average molecular weight is 313 g/mol. The molecule has 0 saturated heterocycles. The third-order valence-electron chi connectivity index (χ3n) is 2.10. The van der Waals surface area contributed by atoms with Crippen molar-refractivity contribution >= 4 is 49.4 Å². The number of benzene rings is 1. The lowest BCUT2D eigenvalue weighted by molar-refractivity contribution is -0.383. The number of nitrogens with zero attached hydrogens (tertiary/aromatic N) is 1. The summed E-state index contributed by atoms with van der Waals surface area (Å²) in [5, 5.41) is 10.7. The van der Waals surface area contributed by atoms with Gasteiger partial charge in [-0.15, -0.1) is 10.8 Å². The number of halogens is 3. The normalized spacial score (nSPS) is 13.0. The largest absolute Gasteiger partial charge is 0.687 e. The van der Waals surface area contributed by atoms with Crippen molar-refractivity contribution in [3.63, 3.8) is 0 Å². The van der Waals surface area contributed by atoms with Crippen molar-refractivity contribution in [3.05, 3.63) is 30.9 Å². The van der Waals surface area contributed by atoms with Crippen molar-refractivity contribution in [2.75, 3.05) is 0 Å². The summed E-state index contributed by atoms with van der Waals surface area (Å²) < 4.78 is 48.9. The lowest BCUT2D eigenvalue weighted by Crippen LogP contribution is -2.05. The van der Waals surface area contributed by atoms with Crippen LogP contribution in [0.5, 0.6) is 0 Å². The van der Waals surface area contributed by atoms with Crippen LogP contribution in [0.2, 0.25) is 0 Å². The van der Waals surface area contributed by atoms with Crippen molar-refractivity contribution in [3.8, 4) is 0 Å². The Kier molecular flexibility index (Phi) is 3.13. The molecule has 1 heterocycles. The van der Waals surface area contributed by atoms with Gasteiger partial charge in [0.2, 0.25) is 4.70 Å². The second-order valence-corrected chi connectivity index (χ2v) is 6.79. The van der Waals surface area contributed by atoms with Gasteiger partial charge in [-0.25, -0.2) is 0 Å². The fourth-order valence-corrected chi connectivity index (χ4v) is 4.28. The molecule has 4 nitrogen and oxygen atoms in total. The third-order valence-corrected chi connectivity index (χ3v) is 5.46. The maximum atomic E-state index is 12.6. The Labute approximate surface area is 109 Å². The highest BCUT2D eigenvalue weighted by atomic mass is 32.2. The molecule has 0 bridgehead atoms. The van der Waals surface area contributed by atoms with Crippen LogP contribution in [-0.2, 0) is 6.18 Å². The Balaban J connectivity index is 2.93. The van der Waals surface area contributed by atoms with Gasteiger partial charge in [-0.1, -0.05) is 0 Å². The second kappa shape index (κ2) is 4.23. The molecule has 0 aliphatic heterocycles. The minimum atomic E-state index is -4.74. The van der Waals surface area contributed by atoms with Crippen LogP contribution in [0.15, 0.2) is 12.1 Å². The van der Waals surface area contributed by atoms with Gasteiger partial charge in [0.05, 0.1) is 10.5 Å². The third kappa shape index (κ3) is 2.11. The van der Waals surface area contributed by atoms with E-state index in [0.29, 0.717) is 23.5 Å². The Hall–Kier alpha value is -1.10. The summed E-state index contributed by atoms with van der Waals surface area (Å²) in [6.45, 7) is 0. The number of nitro groups is 1. The quantitative estimate of drug-likeness (QED) is 0.341. The first-order valence-corrected chi connectivity index (χ1v) is 6.62. The summed E-state index contributed by atoms with van der Waals surface area (Å²) >= 11 is 5.38. The van der Waals surface area contributed by atoms with Crippen molar-refractivity contribution in [1.82, 2.24) is 0 Å². The van der Waals surface area contributed by atoms with Gasteiger partial charge >= 0.3 is 15.0 Å². The molecule has 0 aliphatic carbocycles. The van der Waals surface area contributed by atoms with Crippen LogP contribution < -0.4 is 0 Å². The lowest BCUT2D eigenvalue weighted by Gasteiger charge is -2.06. The summed E-state index contributed by atoms with van der Waals surface area (Å²) in [5.41, 5.74) is -1.93. The summed E-state index contributed by atoms with van der Waals surface area (Å²) in [7, 11) is -1.92. The summed E-state index contributed by atoms with van der Waals surface area (Å²) in [6, 6.07) is 1.07. The number of nitro benzene ring substituents is 1. The van der Waals surface area contributed by atoms with E-state index in [2.05, 4.69) is 12.2 Å². The van der Waals surface area contributed by atoms with Crippen LogP contribution in [0.4, 0.5) is 18.9 Å². The van der Waals surface area contributed by atoms with E-state index < -0.39 is 33.1 Å². The summed E-state index contributed by atoms with van der Waals surface area (Å²) in [5.74, 6) is 0. The zero-order valence-electron chi connectivity index (χ0n) is 8.19. The van der Waals surface area contributed by atoms with E-state index in [1.807, 2.05) is 0 Å². The average Bonchev–Trinajstić information content (AvgIpc) is 2.52. The molecule has 0 radical (unpaired) electrons. The fraction of sp³-hybridized carbons (Fsp3) is 0.125. The van der Waals surface area contributed by atoms with E-state index in [0.717, 1.165) is 0 Å². The standard InChI is InChI=1S/C8H2F3NO3S3/c9-8(10,11)3-1-4(12(13)14)6-5(2-3)18(15)7(16)17-6/h1-2H. The first-order chi connectivity index (χ1) is 8.21. The van der Waals surface area contributed by atoms with E-state index >= 15 is 0 Å². The molecule has 1 aromatic heterocycles. The predicted molar refractivity (Wildman–Crippen MR) is 63.0 cm³/mol. The summed E-state index contributed by atoms with van der Waals surface area (Å²) in [4.78, 5) is 9.80. The Morgan fingerprint density at radius 3 is 2.50 bits per heavy atom. The minimum Gasteiger partial charge on any atom is -0.687 e. The molecular weight excluding hydrogens is 311 g/mol. The molecular formula is C8H2F3NO3S3. The number of hydrogen-bond acceptors (Lipinski definition) is 5. The van der Waals surface area contributed by atoms with Gasteiger partial charge in [0, 0.05) is 6.07 Å². The molecule has 2 aromatic rings. The molecule has 0 aliphatic rings. The fourth-order valence-electron chi connectivity index (χ4n) is 1.34. The van der Waals surface area contributed by atoms with Crippen LogP contribution >= 0.6 is 34.3 Å². The number of rotatable bonds is 1. The van der Waals surface area contributed by atoms with Gasteiger partial charge < -0.3 is 4.55 Å². The highest BCUT2D eigenvalue weighted by molar-refractivity contribution is 7.78. The van der Waals surface area contributed by atoms with Gasteiger partial charge in [0.25, 0.3) is 0 Å². The molecule has 96 valence electrons. The Bertz CT molecular complexity index is 703. The van der Waals surface area contributed by atoms with Crippen molar-refractivity contribution in [1.29, 1.82) is 0 Å². The van der Waals surface area contributed by atoms with Crippen molar-refractivity contribution < 1.29 is 22.6 Å². The van der Waals surface area contributed by atoms with Gasteiger partial charge in [0.1, 0.15) is 16.0 Å². The molecule has 1 aromatic carbocycles. The van der Waals surface area contributed by atoms with Crippen LogP contribution in [0.1, 0.15) is 5.56 Å². The first kappa shape index (κ1) is 13.3. The molecule has 10 heteroatoms. The van der Waals surface area contributed by atoms with Crippen molar-refractivity contribution in [2.24, 2.45) is 0 Å². The highest BCUT2D eigenvalue weighted by Crippen LogP contribution is 2.44. The molecule has 0 spiro atoms. The SMILES string of the molecule is O=[N+]([O-])c1cc(C(F)(F)F)cc2c1sc(=S)[s+]2[O-]. The molecule has 1 atom stereocenters. The van der Waals surface area contributed by atoms with Crippen LogP contribution in [0.25, 0.3) is 9.40 Å². The highest BCUT2D eigenvalue weighted by Gasteiger charge is 2.35. The topological polar surface area (TPSA) is 66.2 Å². The van der Waals surface area contributed by atoms with Crippen LogP contribution in [0, 0.1) is 13.3 Å². The number of fused-ring (bicyclic) bond motifs is 1. The molecule has 1 unspecified atom stereocenters. The van der Waals surface area contributed by atoms with Gasteiger partial charge in [-0.2, -0.15) is 13.2 Å². The molecule has 0 N–H and O–H groups in total. The van der Waals surface area contributed by atoms with E-state index in [1.54, 1.807) is 0 Å². The maximum Gasteiger partial charge on any atom is 0.416 e. The van der Waals surface area contributed by atoms with Gasteiger partial charge in [-0.3, -0.25) is 10.1 Å². The number of hydrogen-bond donors (Lipinski definition) is 0. The van der Waals surface area contributed by atoms with E-state index in [4.69, 9.17) is 0 Å². The predicted octanol–water partition coefficient (Wildman–Crippen LogP) is 4.29. The minimum absolute atomic E-state index is 0.0728. The summed E-state index contributed by atoms with van der Waals surface area (Å²) in [6.07, 6.45) is -4.74. The Morgan fingerprint density at radius 2 is 2.00 bits per heavy atom. The lowest BCUT2D eigenvalue weighted by atomic mass is 10.2. The molecule has 0 amide bonds. The molecule has 0 saturated carbocycles. The van der Waals surface area contributed by atoms with Crippen molar-refractivity contribution in [2.45, 2.75) is 6.18 Å². The monoisotopic (exact) mass is 313 g/mol. The second-order valence-electron chi connectivity index (χ2n) is 3.20. The van der Waals surface area contributed by atoms with Crippen LogP contribution in [0.3, 0.4) is 0 Å². The van der Waals surface area contributed by atoms with Gasteiger partial charge in [0.15, 0.2) is 0 Å². The molecule has 0 fully saturated rings. The molecule has 2 rings (SSSR count).